The Balaban J connectivity index is 2.15. The lowest BCUT2D eigenvalue weighted by atomic mass is 9.95. The average molecular weight is 362 g/mol. The van der Waals surface area contributed by atoms with E-state index in [0.717, 1.165) is 24.3 Å². The minimum absolute atomic E-state index is 0.331. The number of nitrogens with one attached hydrogen (secondary N) is 2. The molecule has 1 aromatic rings. The number of carbonyl (C=O) groups excluding carboxylic acids is 1. The summed E-state index contributed by atoms with van der Waals surface area (Å²) in [7, 11) is 0. The second-order valence-electron chi connectivity index (χ2n) is 5.92. The molecule has 0 fully saturated rings. The summed E-state index contributed by atoms with van der Waals surface area (Å²) in [6, 6.07) is 7.42. The molecule has 0 saturated heterocycles. The number of allylic oxidation sites excluding steroid dienone is 1. The van der Waals surface area contributed by atoms with Crippen molar-refractivity contribution >= 4 is 23.3 Å². The van der Waals surface area contributed by atoms with E-state index in [0.29, 0.717) is 23.0 Å². The van der Waals surface area contributed by atoms with Gasteiger partial charge in [-0.2, -0.15) is 0 Å². The molecule has 2 rings (SSSR count). The number of carbonyl (C=O) groups is 1. The number of unbranched alkanes of at least 4 members (excludes halogenated alkanes) is 2. The standard InChI is InChI=1S/C19H26N2O3S/c1-4-6-7-12-24-15-10-8-14(9-11-15)17-16(18(22)23-5-2)13(3)20-19(25)21-17/h8-11,17H,4-7,12H2,1-3H3,(H2,20,21,25). The first-order valence-corrected chi connectivity index (χ1v) is 9.15. The van der Waals surface area contributed by atoms with Crippen molar-refractivity contribution in [1.29, 1.82) is 0 Å². The fraction of sp³-hybridized carbons (Fsp3) is 0.474. The smallest absolute Gasteiger partial charge is 0.338 e. The van der Waals surface area contributed by atoms with Gasteiger partial charge in [0.25, 0.3) is 0 Å². The third kappa shape index (κ3) is 5.19. The maximum Gasteiger partial charge on any atom is 0.338 e. The van der Waals surface area contributed by atoms with Crippen molar-refractivity contribution in [3.63, 3.8) is 0 Å². The van der Waals surface area contributed by atoms with Crippen molar-refractivity contribution in [3.05, 3.63) is 41.1 Å². The van der Waals surface area contributed by atoms with Gasteiger partial charge in [-0.3, -0.25) is 0 Å². The molecule has 136 valence electrons. The summed E-state index contributed by atoms with van der Waals surface area (Å²) in [6.45, 7) is 6.84. The first-order valence-electron chi connectivity index (χ1n) is 8.75. The van der Waals surface area contributed by atoms with Crippen LogP contribution in [0.5, 0.6) is 5.75 Å². The normalized spacial score (nSPS) is 16.9. The second kappa shape index (κ2) is 9.42. The molecule has 0 bridgehead atoms. The van der Waals surface area contributed by atoms with Crippen molar-refractivity contribution in [3.8, 4) is 5.75 Å². The molecule has 2 N–H and O–H groups in total. The Labute approximate surface area is 154 Å². The maximum absolute atomic E-state index is 12.3. The molecule has 6 heteroatoms. The Bertz CT molecular complexity index is 641. The third-order valence-electron chi connectivity index (χ3n) is 3.99. The fourth-order valence-electron chi connectivity index (χ4n) is 2.72. The van der Waals surface area contributed by atoms with Gasteiger partial charge in [-0.1, -0.05) is 31.9 Å². The van der Waals surface area contributed by atoms with Crippen molar-refractivity contribution in [1.82, 2.24) is 10.6 Å². The van der Waals surface area contributed by atoms with Gasteiger partial charge in [0, 0.05) is 5.70 Å². The highest BCUT2D eigenvalue weighted by atomic mass is 32.1. The van der Waals surface area contributed by atoms with Crippen LogP contribution in [0.15, 0.2) is 35.5 Å². The van der Waals surface area contributed by atoms with Crippen molar-refractivity contribution in [2.45, 2.75) is 46.1 Å². The SMILES string of the molecule is CCCCCOc1ccc(C2NC(=S)NC(C)=C2C(=O)OCC)cc1. The average Bonchev–Trinajstić information content (AvgIpc) is 2.59. The highest BCUT2D eigenvalue weighted by Crippen LogP contribution is 2.28. The van der Waals surface area contributed by atoms with Gasteiger partial charge in [0.15, 0.2) is 5.11 Å². The maximum atomic E-state index is 12.3. The zero-order valence-corrected chi connectivity index (χ0v) is 15.9. The number of esters is 1. The van der Waals surface area contributed by atoms with Gasteiger partial charge < -0.3 is 20.1 Å². The molecular weight excluding hydrogens is 336 g/mol. The zero-order valence-electron chi connectivity index (χ0n) is 15.1. The van der Waals surface area contributed by atoms with E-state index < -0.39 is 0 Å². The van der Waals surface area contributed by atoms with Gasteiger partial charge in [-0.25, -0.2) is 4.79 Å². The number of hydrogen-bond acceptors (Lipinski definition) is 4. The second-order valence-corrected chi connectivity index (χ2v) is 6.32. The Morgan fingerprint density at radius 3 is 2.56 bits per heavy atom. The quantitative estimate of drug-likeness (QED) is 0.418. The van der Waals surface area contributed by atoms with Crippen molar-refractivity contribution < 1.29 is 14.3 Å². The summed E-state index contributed by atoms with van der Waals surface area (Å²) in [6.07, 6.45) is 3.39. The summed E-state index contributed by atoms with van der Waals surface area (Å²) in [5, 5.41) is 6.64. The number of benzene rings is 1. The summed E-state index contributed by atoms with van der Waals surface area (Å²) < 4.78 is 10.9. The molecule has 1 aliphatic heterocycles. The Hall–Kier alpha value is -2.08. The molecule has 5 nitrogen and oxygen atoms in total. The van der Waals surface area contributed by atoms with Gasteiger partial charge >= 0.3 is 5.97 Å². The topological polar surface area (TPSA) is 59.6 Å². The van der Waals surface area contributed by atoms with Crippen LogP contribution in [0.1, 0.15) is 51.6 Å². The number of thiocarbonyl (C=S) groups is 1. The number of hydrogen-bond donors (Lipinski definition) is 2. The molecule has 0 aromatic heterocycles. The highest BCUT2D eigenvalue weighted by Gasteiger charge is 2.30. The molecule has 0 aliphatic carbocycles. The molecule has 1 unspecified atom stereocenters. The van der Waals surface area contributed by atoms with Crippen molar-refractivity contribution in [2.24, 2.45) is 0 Å². The molecule has 0 radical (unpaired) electrons. The van der Waals surface area contributed by atoms with Crippen LogP contribution in [0.4, 0.5) is 0 Å². The van der Waals surface area contributed by atoms with Crippen LogP contribution in [-0.2, 0) is 9.53 Å². The molecule has 1 heterocycles. The molecule has 1 atom stereocenters. The van der Waals surface area contributed by atoms with Crippen LogP contribution in [0.25, 0.3) is 0 Å². The first kappa shape index (κ1) is 19.2. The van der Waals surface area contributed by atoms with E-state index in [-0.39, 0.29) is 12.0 Å². The summed E-state index contributed by atoms with van der Waals surface area (Å²) in [4.78, 5) is 12.3. The van der Waals surface area contributed by atoms with Crippen LogP contribution in [-0.4, -0.2) is 24.3 Å². The fourth-order valence-corrected chi connectivity index (χ4v) is 2.99. The largest absolute Gasteiger partial charge is 0.494 e. The Morgan fingerprint density at radius 1 is 1.20 bits per heavy atom. The van der Waals surface area contributed by atoms with Gasteiger partial charge in [0.2, 0.25) is 0 Å². The molecule has 1 aromatic carbocycles. The molecular formula is C19H26N2O3S. The monoisotopic (exact) mass is 362 g/mol. The van der Waals surface area contributed by atoms with E-state index >= 15 is 0 Å². The van der Waals surface area contributed by atoms with Crippen LogP contribution in [0.2, 0.25) is 0 Å². The van der Waals surface area contributed by atoms with E-state index in [9.17, 15) is 4.79 Å². The molecule has 0 spiro atoms. The highest BCUT2D eigenvalue weighted by molar-refractivity contribution is 7.80. The summed E-state index contributed by atoms with van der Waals surface area (Å²) in [5.41, 5.74) is 2.20. The van der Waals surface area contributed by atoms with Gasteiger partial charge in [-0.05, 0) is 50.2 Å². The van der Waals surface area contributed by atoms with E-state index in [1.54, 1.807) is 6.92 Å². The lowest BCUT2D eigenvalue weighted by Gasteiger charge is -2.29. The van der Waals surface area contributed by atoms with Crippen LogP contribution in [0.3, 0.4) is 0 Å². The molecule has 0 amide bonds. The lowest BCUT2D eigenvalue weighted by molar-refractivity contribution is -0.139. The summed E-state index contributed by atoms with van der Waals surface area (Å²) >= 11 is 5.24. The van der Waals surface area contributed by atoms with Gasteiger partial charge in [0.05, 0.1) is 24.8 Å². The predicted molar refractivity (Wildman–Crippen MR) is 102 cm³/mol. The molecule has 0 saturated carbocycles. The first-order chi connectivity index (χ1) is 12.1. The van der Waals surface area contributed by atoms with E-state index in [1.807, 2.05) is 31.2 Å². The molecule has 25 heavy (non-hydrogen) atoms. The van der Waals surface area contributed by atoms with E-state index in [2.05, 4.69) is 17.6 Å². The van der Waals surface area contributed by atoms with Gasteiger partial charge in [0.1, 0.15) is 5.75 Å². The van der Waals surface area contributed by atoms with Gasteiger partial charge in [-0.15, -0.1) is 0 Å². The number of ether oxygens (including phenoxy) is 2. The minimum atomic E-state index is -0.340. The third-order valence-corrected chi connectivity index (χ3v) is 4.21. The van der Waals surface area contributed by atoms with Crippen LogP contribution in [0, 0.1) is 0 Å². The van der Waals surface area contributed by atoms with E-state index in [1.165, 1.54) is 12.8 Å². The van der Waals surface area contributed by atoms with E-state index in [4.69, 9.17) is 21.7 Å². The zero-order chi connectivity index (χ0) is 18.2. The Kier molecular flexibility index (Phi) is 7.25. The molecule has 1 aliphatic rings. The lowest BCUT2D eigenvalue weighted by Crippen LogP contribution is -2.45. The minimum Gasteiger partial charge on any atom is -0.494 e. The van der Waals surface area contributed by atoms with Crippen molar-refractivity contribution in [2.75, 3.05) is 13.2 Å². The predicted octanol–water partition coefficient (Wildman–Crippen LogP) is 3.61. The number of rotatable bonds is 8. The Morgan fingerprint density at radius 2 is 1.92 bits per heavy atom. The van der Waals surface area contributed by atoms with Crippen LogP contribution < -0.4 is 15.4 Å². The van der Waals surface area contributed by atoms with Crippen LogP contribution >= 0.6 is 12.2 Å². The summed E-state index contributed by atoms with van der Waals surface area (Å²) in [5.74, 6) is 0.488.